The normalized spacial score (nSPS) is 16.3. The monoisotopic (exact) mass is 195 g/mol. The van der Waals surface area contributed by atoms with Gasteiger partial charge in [-0.1, -0.05) is 6.08 Å². The highest BCUT2D eigenvalue weighted by Crippen LogP contribution is 2.14. The van der Waals surface area contributed by atoms with E-state index in [-0.39, 0.29) is 18.3 Å². The Morgan fingerprint density at radius 2 is 2.29 bits per heavy atom. The predicted octanol–water partition coefficient (Wildman–Crippen LogP) is 0.771. The van der Waals surface area contributed by atoms with Gasteiger partial charge in [0.2, 0.25) is 5.91 Å². The van der Waals surface area contributed by atoms with Gasteiger partial charge in [0.25, 0.3) is 0 Å². The van der Waals surface area contributed by atoms with Crippen LogP contribution in [0.1, 0.15) is 13.3 Å². The van der Waals surface area contributed by atoms with E-state index in [4.69, 9.17) is 5.11 Å². The summed E-state index contributed by atoms with van der Waals surface area (Å²) >= 11 is 0. The molecule has 0 spiro atoms. The molecule has 3 N–H and O–H groups in total. The molecule has 0 heterocycles. The first-order valence-corrected chi connectivity index (χ1v) is 4.31. The lowest BCUT2D eigenvalue weighted by Gasteiger charge is -2.03. The number of aliphatic hydroxyl groups excluding tert-OH is 2. The summed E-state index contributed by atoms with van der Waals surface area (Å²) in [6, 6.07) is 0. The van der Waals surface area contributed by atoms with Crippen LogP contribution < -0.4 is 5.32 Å². The van der Waals surface area contributed by atoms with Crippen LogP contribution >= 0.6 is 0 Å². The Hall–Kier alpha value is -1.55. The summed E-state index contributed by atoms with van der Waals surface area (Å²) in [7, 11) is 0. The Bertz CT molecular complexity index is 326. The molecular formula is C10H13NO3. The number of rotatable bonds is 2. The van der Waals surface area contributed by atoms with Gasteiger partial charge in [0.15, 0.2) is 0 Å². The third-order valence-corrected chi connectivity index (χ3v) is 1.85. The first-order valence-electron chi connectivity index (χ1n) is 4.31. The highest BCUT2D eigenvalue weighted by atomic mass is 16.3. The molecule has 0 atom stereocenters. The van der Waals surface area contributed by atoms with Crippen LogP contribution in [0.15, 0.2) is 35.3 Å². The first-order chi connectivity index (χ1) is 6.63. The second-order valence-electron chi connectivity index (χ2n) is 3.02. The van der Waals surface area contributed by atoms with Gasteiger partial charge >= 0.3 is 0 Å². The average molecular weight is 195 g/mol. The van der Waals surface area contributed by atoms with Crippen LogP contribution in [-0.4, -0.2) is 22.7 Å². The molecule has 0 fully saturated rings. The molecule has 1 rings (SSSR count). The molecule has 0 aromatic heterocycles. The highest BCUT2D eigenvalue weighted by molar-refractivity contribution is 5.75. The molecule has 1 aliphatic rings. The summed E-state index contributed by atoms with van der Waals surface area (Å²) in [6.45, 7) is 1.22. The fourth-order valence-corrected chi connectivity index (χ4v) is 1.16. The van der Waals surface area contributed by atoms with E-state index in [0.29, 0.717) is 17.7 Å². The Labute approximate surface area is 82.2 Å². The van der Waals surface area contributed by atoms with Crippen LogP contribution in [0, 0.1) is 0 Å². The van der Waals surface area contributed by atoms with Crippen LogP contribution in [0.3, 0.4) is 0 Å². The Morgan fingerprint density at radius 1 is 1.57 bits per heavy atom. The Morgan fingerprint density at radius 3 is 2.86 bits per heavy atom. The summed E-state index contributed by atoms with van der Waals surface area (Å²) in [4.78, 5) is 10.8. The van der Waals surface area contributed by atoms with E-state index in [9.17, 15) is 9.90 Å². The second-order valence-corrected chi connectivity index (χ2v) is 3.02. The summed E-state index contributed by atoms with van der Waals surface area (Å²) in [5.74, 6) is -0.113. The van der Waals surface area contributed by atoms with Crippen LogP contribution in [0.25, 0.3) is 0 Å². The third-order valence-electron chi connectivity index (χ3n) is 1.85. The molecule has 0 saturated carbocycles. The summed E-state index contributed by atoms with van der Waals surface area (Å²) < 4.78 is 0. The number of hydrogen-bond donors (Lipinski definition) is 3. The Balaban J connectivity index is 2.78. The average Bonchev–Trinajstić information content (AvgIpc) is 2.28. The van der Waals surface area contributed by atoms with Crippen molar-refractivity contribution < 1.29 is 15.0 Å². The van der Waals surface area contributed by atoms with Gasteiger partial charge in [-0.2, -0.15) is 0 Å². The highest BCUT2D eigenvalue weighted by Gasteiger charge is 2.06. The quantitative estimate of drug-likeness (QED) is 0.609. The van der Waals surface area contributed by atoms with Gasteiger partial charge in [-0.05, 0) is 12.2 Å². The molecule has 0 aliphatic heterocycles. The van der Waals surface area contributed by atoms with Crippen LogP contribution in [0.5, 0.6) is 0 Å². The van der Waals surface area contributed by atoms with Crippen molar-refractivity contribution in [2.75, 3.05) is 6.61 Å². The van der Waals surface area contributed by atoms with E-state index >= 15 is 0 Å². The molecule has 0 unspecified atom stereocenters. The molecule has 0 radical (unpaired) electrons. The summed E-state index contributed by atoms with van der Waals surface area (Å²) in [6.07, 6.45) is 5.26. The van der Waals surface area contributed by atoms with Crippen molar-refractivity contribution in [3.63, 3.8) is 0 Å². The summed E-state index contributed by atoms with van der Waals surface area (Å²) in [5.41, 5.74) is 1.18. The molecule has 0 aromatic rings. The number of carbonyl (C=O) groups is 1. The van der Waals surface area contributed by atoms with E-state index in [2.05, 4.69) is 5.32 Å². The molecule has 4 nitrogen and oxygen atoms in total. The minimum Gasteiger partial charge on any atom is -0.508 e. The third kappa shape index (κ3) is 2.74. The largest absolute Gasteiger partial charge is 0.508 e. The molecule has 4 heteroatoms. The maximum absolute atomic E-state index is 10.8. The van der Waals surface area contributed by atoms with Gasteiger partial charge in [-0.15, -0.1) is 0 Å². The lowest BCUT2D eigenvalue weighted by Crippen LogP contribution is -2.18. The smallest absolute Gasteiger partial charge is 0.221 e. The molecule has 14 heavy (non-hydrogen) atoms. The van der Waals surface area contributed by atoms with Crippen LogP contribution in [0.2, 0.25) is 0 Å². The van der Waals surface area contributed by atoms with E-state index in [1.54, 1.807) is 12.2 Å². The van der Waals surface area contributed by atoms with E-state index in [1.807, 2.05) is 0 Å². The minimum atomic E-state index is -0.205. The van der Waals surface area contributed by atoms with Gasteiger partial charge in [-0.3, -0.25) is 4.79 Å². The van der Waals surface area contributed by atoms with Crippen molar-refractivity contribution in [2.45, 2.75) is 13.3 Å². The van der Waals surface area contributed by atoms with Gasteiger partial charge in [-0.25, -0.2) is 0 Å². The lowest BCUT2D eigenvalue weighted by molar-refractivity contribution is -0.118. The molecule has 0 saturated heterocycles. The topological polar surface area (TPSA) is 69.6 Å². The van der Waals surface area contributed by atoms with Crippen molar-refractivity contribution in [3.8, 4) is 0 Å². The van der Waals surface area contributed by atoms with E-state index in [0.717, 1.165) is 0 Å². The van der Waals surface area contributed by atoms with Crippen molar-refractivity contribution >= 4 is 5.91 Å². The number of allylic oxidation sites excluding steroid dienone is 3. The lowest BCUT2D eigenvalue weighted by atomic mass is 10.2. The number of nitrogens with one attached hydrogen (secondary N) is 1. The minimum absolute atomic E-state index is 0.0350. The predicted molar refractivity (Wildman–Crippen MR) is 52.4 cm³/mol. The van der Waals surface area contributed by atoms with Crippen LogP contribution in [0.4, 0.5) is 0 Å². The number of aliphatic hydroxyl groups is 2. The van der Waals surface area contributed by atoms with Gasteiger partial charge in [0, 0.05) is 24.6 Å². The maximum Gasteiger partial charge on any atom is 0.221 e. The standard InChI is InChI=1S/C10H13NO3/c1-7(13)11-9-3-2-8(6-12)10(14)5-4-9/h2,4-5,12,14H,3,6H2,1H3,(H,11,13). The molecule has 1 amide bonds. The molecule has 1 aliphatic carbocycles. The van der Waals surface area contributed by atoms with Crippen molar-refractivity contribution in [3.05, 3.63) is 35.3 Å². The van der Waals surface area contributed by atoms with Gasteiger partial charge in [0.1, 0.15) is 5.76 Å². The number of amides is 1. The second kappa shape index (κ2) is 4.62. The fraction of sp³-hybridized carbons (Fsp3) is 0.300. The fourth-order valence-electron chi connectivity index (χ4n) is 1.16. The maximum atomic E-state index is 10.8. The number of carbonyl (C=O) groups excluding carboxylic acids is 1. The number of hydrogen-bond acceptors (Lipinski definition) is 3. The van der Waals surface area contributed by atoms with E-state index in [1.165, 1.54) is 13.0 Å². The zero-order valence-corrected chi connectivity index (χ0v) is 7.95. The molecule has 76 valence electrons. The van der Waals surface area contributed by atoms with Crippen molar-refractivity contribution in [2.24, 2.45) is 0 Å². The molecule has 0 aromatic carbocycles. The zero-order valence-electron chi connectivity index (χ0n) is 7.95. The molecular weight excluding hydrogens is 182 g/mol. The SMILES string of the molecule is CC(=O)NC1=CC=C(O)C(CO)=CC1. The van der Waals surface area contributed by atoms with Crippen molar-refractivity contribution in [1.82, 2.24) is 5.32 Å². The van der Waals surface area contributed by atoms with E-state index < -0.39 is 0 Å². The molecule has 0 bridgehead atoms. The first kappa shape index (κ1) is 10.5. The van der Waals surface area contributed by atoms with Gasteiger partial charge in [0.05, 0.1) is 6.61 Å². The Kier molecular flexibility index (Phi) is 3.48. The van der Waals surface area contributed by atoms with Crippen molar-refractivity contribution in [1.29, 1.82) is 0 Å². The van der Waals surface area contributed by atoms with Crippen LogP contribution in [-0.2, 0) is 4.79 Å². The summed E-state index contributed by atoms with van der Waals surface area (Å²) in [5, 5.41) is 20.9. The van der Waals surface area contributed by atoms with Gasteiger partial charge < -0.3 is 15.5 Å². The zero-order chi connectivity index (χ0) is 10.6.